The van der Waals surface area contributed by atoms with Crippen LogP contribution in [0, 0.1) is 0 Å². The van der Waals surface area contributed by atoms with Crippen LogP contribution in [0.25, 0.3) is 5.57 Å². The average molecular weight is 345 g/mol. The molecule has 0 radical (unpaired) electrons. The minimum absolute atomic E-state index is 0.759. The zero-order valence-corrected chi connectivity index (χ0v) is 15.3. The molecule has 1 heterocycles. The fourth-order valence-corrected chi connectivity index (χ4v) is 2.35. The van der Waals surface area contributed by atoms with Crippen molar-refractivity contribution in [3.63, 3.8) is 0 Å². The predicted molar refractivity (Wildman–Crippen MR) is 109 cm³/mol. The lowest BCUT2D eigenvalue weighted by molar-refractivity contribution is -0.496. The number of nitrogens with two attached hydrogens (primary N) is 1. The molecule has 0 spiro atoms. The Hall–Kier alpha value is -3.17. The van der Waals surface area contributed by atoms with Crippen molar-refractivity contribution in [3.05, 3.63) is 109 Å². The quantitative estimate of drug-likeness (QED) is 0.419. The Morgan fingerprint density at radius 3 is 2.38 bits per heavy atom. The fourth-order valence-electron chi connectivity index (χ4n) is 2.35. The summed E-state index contributed by atoms with van der Waals surface area (Å²) in [5.74, 6) is 1.55. The first-order valence-electron chi connectivity index (χ1n) is 8.58. The van der Waals surface area contributed by atoms with Crippen LogP contribution in [0.15, 0.2) is 104 Å². The van der Waals surface area contributed by atoms with Gasteiger partial charge in [0.25, 0.3) is 0 Å². The van der Waals surface area contributed by atoms with E-state index >= 15 is 0 Å². The molecule has 1 aromatic heterocycles. The molecule has 2 aromatic rings. The van der Waals surface area contributed by atoms with Gasteiger partial charge in [0.2, 0.25) is 0 Å². The number of quaternary nitrogens is 1. The highest BCUT2D eigenvalue weighted by molar-refractivity contribution is 5.73. The van der Waals surface area contributed by atoms with E-state index in [4.69, 9.17) is 4.74 Å². The van der Waals surface area contributed by atoms with Crippen LogP contribution in [0.2, 0.25) is 0 Å². The minimum Gasteiger partial charge on any atom is -0.457 e. The summed E-state index contributed by atoms with van der Waals surface area (Å²) in [7, 11) is 0. The van der Waals surface area contributed by atoms with Gasteiger partial charge in [-0.3, -0.25) is 10.3 Å². The van der Waals surface area contributed by atoms with Gasteiger partial charge in [-0.25, -0.2) is 0 Å². The van der Waals surface area contributed by atoms with Gasteiger partial charge in [0.15, 0.2) is 0 Å². The molecule has 2 rings (SSSR count). The van der Waals surface area contributed by atoms with Crippen molar-refractivity contribution in [3.8, 4) is 5.75 Å². The molecule has 0 saturated carbocycles. The number of benzene rings is 1. The van der Waals surface area contributed by atoms with Crippen molar-refractivity contribution in [2.45, 2.75) is 13.8 Å². The van der Waals surface area contributed by atoms with Crippen molar-refractivity contribution in [2.24, 2.45) is 0 Å². The number of aromatic nitrogens is 1. The van der Waals surface area contributed by atoms with Crippen molar-refractivity contribution in [1.82, 2.24) is 4.98 Å². The Labute approximate surface area is 155 Å². The monoisotopic (exact) mass is 345 g/mol. The Kier molecular flexibility index (Phi) is 7.84. The lowest BCUT2D eigenvalue weighted by atomic mass is 10.1. The highest BCUT2D eigenvalue weighted by Crippen LogP contribution is 2.17. The second-order valence-electron chi connectivity index (χ2n) is 5.48. The molecule has 0 aliphatic heterocycles. The SMILES string of the molecule is C=C/C=C(\C=C/C)Oc1ccc([NH2+]/C=C\C(=C/C)c2ccncc2)cc1. The van der Waals surface area contributed by atoms with Gasteiger partial charge >= 0.3 is 0 Å². The molecule has 26 heavy (non-hydrogen) atoms. The molecule has 0 aliphatic rings. The van der Waals surface area contributed by atoms with Crippen LogP contribution in [0.1, 0.15) is 19.4 Å². The standard InChI is InChI=1S/C23H24N2O/c1-4-7-22(8-5-2)26-23-11-9-21(10-12-23)25-18-15-19(6-3)20-13-16-24-17-14-20/h4-18,25H,1H2,2-3H3/p+1/b8-5-,18-15-,19-6+,22-7+. The third-order valence-electron chi connectivity index (χ3n) is 3.62. The first-order valence-corrected chi connectivity index (χ1v) is 8.58. The number of ether oxygens (including phenoxy) is 1. The molecule has 0 atom stereocenters. The summed E-state index contributed by atoms with van der Waals surface area (Å²) in [5.41, 5.74) is 3.43. The summed E-state index contributed by atoms with van der Waals surface area (Å²) in [4.78, 5) is 4.06. The third-order valence-corrected chi connectivity index (χ3v) is 3.62. The number of allylic oxidation sites excluding steroid dienone is 7. The van der Waals surface area contributed by atoms with E-state index < -0.39 is 0 Å². The Morgan fingerprint density at radius 2 is 1.77 bits per heavy atom. The number of hydrogen-bond donors (Lipinski definition) is 1. The first kappa shape index (κ1) is 19.2. The van der Waals surface area contributed by atoms with Crippen LogP contribution in [-0.4, -0.2) is 4.98 Å². The molecule has 0 bridgehead atoms. The van der Waals surface area contributed by atoms with E-state index in [0.29, 0.717) is 0 Å². The van der Waals surface area contributed by atoms with Crippen molar-refractivity contribution in [2.75, 3.05) is 0 Å². The molecular formula is C23H25N2O+. The Balaban J connectivity index is 1.99. The van der Waals surface area contributed by atoms with E-state index in [0.717, 1.165) is 28.3 Å². The normalized spacial score (nSPS) is 12.7. The second kappa shape index (κ2) is 10.6. The summed E-state index contributed by atoms with van der Waals surface area (Å²) < 4.78 is 5.82. The lowest BCUT2D eigenvalue weighted by Crippen LogP contribution is -2.70. The van der Waals surface area contributed by atoms with E-state index in [2.05, 4.69) is 35.2 Å². The Morgan fingerprint density at radius 1 is 1.04 bits per heavy atom. The number of rotatable bonds is 8. The number of nitrogens with zero attached hydrogens (tertiary/aromatic N) is 1. The molecule has 0 fully saturated rings. The van der Waals surface area contributed by atoms with E-state index in [1.165, 1.54) is 0 Å². The van der Waals surface area contributed by atoms with Gasteiger partial charge in [-0.2, -0.15) is 0 Å². The third kappa shape index (κ3) is 6.04. The van der Waals surface area contributed by atoms with E-state index in [9.17, 15) is 0 Å². The molecule has 3 nitrogen and oxygen atoms in total. The van der Waals surface area contributed by atoms with E-state index in [1.807, 2.05) is 68.5 Å². The van der Waals surface area contributed by atoms with Gasteiger partial charge in [0.1, 0.15) is 17.2 Å². The summed E-state index contributed by atoms with van der Waals surface area (Å²) in [5, 5.41) is 2.07. The smallest absolute Gasteiger partial charge is 0.134 e. The van der Waals surface area contributed by atoms with Gasteiger partial charge < -0.3 is 4.74 Å². The number of pyridine rings is 1. The van der Waals surface area contributed by atoms with Gasteiger partial charge in [-0.05, 0) is 67.5 Å². The van der Waals surface area contributed by atoms with Crippen LogP contribution < -0.4 is 10.1 Å². The Bertz CT molecular complexity index is 813. The minimum atomic E-state index is 0.759. The maximum absolute atomic E-state index is 5.82. The van der Waals surface area contributed by atoms with Crippen molar-refractivity contribution < 1.29 is 10.1 Å². The molecule has 3 heteroatoms. The zero-order chi connectivity index (χ0) is 18.6. The molecule has 1 aromatic carbocycles. The summed E-state index contributed by atoms with van der Waals surface area (Å²) in [6, 6.07) is 12.0. The van der Waals surface area contributed by atoms with Gasteiger partial charge in [-0.1, -0.05) is 24.8 Å². The highest BCUT2D eigenvalue weighted by atomic mass is 16.5. The molecule has 0 aliphatic carbocycles. The van der Waals surface area contributed by atoms with Crippen molar-refractivity contribution >= 4 is 11.3 Å². The second-order valence-corrected chi connectivity index (χ2v) is 5.48. The van der Waals surface area contributed by atoms with Crippen molar-refractivity contribution in [1.29, 1.82) is 0 Å². The molecule has 0 saturated heterocycles. The highest BCUT2D eigenvalue weighted by Gasteiger charge is 2.00. The van der Waals surface area contributed by atoms with E-state index in [-0.39, 0.29) is 0 Å². The molecule has 0 amide bonds. The first-order chi connectivity index (χ1) is 12.8. The number of hydrogen-bond acceptors (Lipinski definition) is 2. The van der Waals surface area contributed by atoms with Gasteiger partial charge in [0.05, 0.1) is 6.20 Å². The topological polar surface area (TPSA) is 38.7 Å². The van der Waals surface area contributed by atoms with Gasteiger partial charge in [0, 0.05) is 24.5 Å². The van der Waals surface area contributed by atoms with Gasteiger partial charge in [-0.15, -0.1) is 0 Å². The van der Waals surface area contributed by atoms with Crippen LogP contribution in [0.4, 0.5) is 5.69 Å². The van der Waals surface area contributed by atoms with Crippen LogP contribution in [-0.2, 0) is 0 Å². The molecular weight excluding hydrogens is 320 g/mol. The van der Waals surface area contributed by atoms with Crippen LogP contribution in [0.3, 0.4) is 0 Å². The summed E-state index contributed by atoms with van der Waals surface area (Å²) >= 11 is 0. The lowest BCUT2D eigenvalue weighted by Gasteiger charge is -2.06. The molecule has 0 unspecified atom stereocenters. The fraction of sp³-hybridized carbons (Fsp3) is 0.0870. The summed E-state index contributed by atoms with van der Waals surface area (Å²) in [6.07, 6.45) is 17.2. The molecule has 132 valence electrons. The van der Waals surface area contributed by atoms with E-state index in [1.54, 1.807) is 18.5 Å². The summed E-state index contributed by atoms with van der Waals surface area (Å²) in [6.45, 7) is 7.69. The predicted octanol–water partition coefficient (Wildman–Crippen LogP) is 4.92. The van der Waals surface area contributed by atoms with Crippen LogP contribution >= 0.6 is 0 Å². The van der Waals surface area contributed by atoms with Crippen LogP contribution in [0.5, 0.6) is 5.75 Å². The zero-order valence-electron chi connectivity index (χ0n) is 15.3. The largest absolute Gasteiger partial charge is 0.457 e. The average Bonchev–Trinajstić information content (AvgIpc) is 2.68. The maximum atomic E-state index is 5.82. The maximum Gasteiger partial charge on any atom is 0.134 e. The molecule has 2 N–H and O–H groups in total.